The molecule has 0 fully saturated rings. The fourth-order valence-electron chi connectivity index (χ4n) is 2.23. The van der Waals surface area contributed by atoms with Gasteiger partial charge in [0.25, 0.3) is 0 Å². The molecule has 0 unspecified atom stereocenters. The third-order valence-corrected chi connectivity index (χ3v) is 3.31. The summed E-state index contributed by atoms with van der Waals surface area (Å²) in [6, 6.07) is 24.4. The maximum absolute atomic E-state index is 5.31. The first-order valence-corrected chi connectivity index (χ1v) is 7.30. The molecule has 0 aliphatic heterocycles. The van der Waals surface area contributed by atoms with Crippen LogP contribution in [0.3, 0.4) is 0 Å². The van der Waals surface area contributed by atoms with Crippen LogP contribution in [0.25, 0.3) is 0 Å². The highest BCUT2D eigenvalue weighted by atomic mass is 16.3. The van der Waals surface area contributed by atoms with Crippen molar-refractivity contribution in [2.75, 3.05) is 0 Å². The van der Waals surface area contributed by atoms with E-state index in [1.54, 1.807) is 12.5 Å². The average Bonchev–Trinajstić information content (AvgIpc) is 3.08. The normalized spacial score (nSPS) is 10.9. The molecule has 1 heterocycles. The predicted molar refractivity (Wildman–Crippen MR) is 88.4 cm³/mol. The molecule has 0 N–H and O–H groups in total. The van der Waals surface area contributed by atoms with Crippen LogP contribution in [0.4, 0.5) is 0 Å². The first kappa shape index (κ1) is 14.1. The number of hydrogen-bond donors (Lipinski definition) is 0. The van der Waals surface area contributed by atoms with E-state index in [4.69, 9.17) is 4.42 Å². The smallest absolute Gasteiger partial charge is 0.146 e. The minimum Gasteiger partial charge on any atom is -0.463 e. The van der Waals surface area contributed by atoms with E-state index < -0.39 is 0 Å². The molecule has 110 valence electrons. The molecular formula is C19H18N2O. The van der Waals surface area contributed by atoms with E-state index in [2.05, 4.69) is 29.4 Å². The van der Waals surface area contributed by atoms with Gasteiger partial charge < -0.3 is 4.42 Å². The van der Waals surface area contributed by atoms with Crippen LogP contribution in [0.1, 0.15) is 16.9 Å². The molecule has 22 heavy (non-hydrogen) atoms. The number of nitrogens with zero attached hydrogens (tertiary/aromatic N) is 2. The maximum Gasteiger partial charge on any atom is 0.146 e. The van der Waals surface area contributed by atoms with E-state index in [9.17, 15) is 0 Å². The first-order chi connectivity index (χ1) is 10.9. The number of benzene rings is 2. The van der Waals surface area contributed by atoms with E-state index >= 15 is 0 Å². The second-order valence-electron chi connectivity index (χ2n) is 5.05. The molecular weight excluding hydrogens is 272 g/mol. The lowest BCUT2D eigenvalue weighted by Gasteiger charge is -2.19. The zero-order chi connectivity index (χ0) is 15.0. The van der Waals surface area contributed by atoms with E-state index in [1.165, 1.54) is 11.1 Å². The molecule has 0 saturated carbocycles. The molecule has 0 atom stereocenters. The van der Waals surface area contributed by atoms with Gasteiger partial charge in [-0.2, -0.15) is 5.10 Å². The molecule has 0 saturated heterocycles. The highest BCUT2D eigenvalue weighted by Gasteiger charge is 2.04. The van der Waals surface area contributed by atoms with Crippen molar-refractivity contribution in [2.45, 2.75) is 13.1 Å². The average molecular weight is 290 g/mol. The Labute approximate surface area is 130 Å². The molecule has 2 aromatic carbocycles. The van der Waals surface area contributed by atoms with Crippen molar-refractivity contribution in [2.24, 2.45) is 5.10 Å². The van der Waals surface area contributed by atoms with Crippen LogP contribution in [0.15, 0.2) is 88.6 Å². The summed E-state index contributed by atoms with van der Waals surface area (Å²) < 4.78 is 5.31. The maximum atomic E-state index is 5.31. The highest BCUT2D eigenvalue weighted by molar-refractivity contribution is 5.75. The van der Waals surface area contributed by atoms with E-state index in [-0.39, 0.29) is 0 Å². The molecule has 1 aromatic heterocycles. The molecule has 0 spiro atoms. The fourth-order valence-corrected chi connectivity index (χ4v) is 2.23. The van der Waals surface area contributed by atoms with Crippen LogP contribution >= 0.6 is 0 Å². The van der Waals surface area contributed by atoms with E-state index in [0.717, 1.165) is 18.8 Å². The standard InChI is InChI=1S/C19H18N2O/c1-3-8-17(9-4-1)15-21(16-18-10-5-2-6-11-18)20-14-19-12-7-13-22-19/h1-14H,15-16H2/b20-14+. The van der Waals surface area contributed by atoms with E-state index in [0.29, 0.717) is 0 Å². The van der Waals surface area contributed by atoms with Crippen molar-refractivity contribution < 1.29 is 4.42 Å². The lowest BCUT2D eigenvalue weighted by atomic mass is 10.2. The van der Waals surface area contributed by atoms with Crippen LogP contribution in [-0.2, 0) is 13.1 Å². The summed E-state index contributed by atoms with van der Waals surface area (Å²) in [5, 5.41) is 6.61. The van der Waals surface area contributed by atoms with Gasteiger partial charge in [-0.25, -0.2) is 0 Å². The van der Waals surface area contributed by atoms with Crippen LogP contribution in [0, 0.1) is 0 Å². The SMILES string of the molecule is C(=N\N(Cc1ccccc1)Cc1ccccc1)/c1ccco1. The van der Waals surface area contributed by atoms with Crippen molar-refractivity contribution in [1.29, 1.82) is 0 Å². The molecule has 0 amide bonds. The highest BCUT2D eigenvalue weighted by Crippen LogP contribution is 2.10. The van der Waals surface area contributed by atoms with Gasteiger partial charge in [-0.15, -0.1) is 0 Å². The zero-order valence-electron chi connectivity index (χ0n) is 12.3. The quantitative estimate of drug-likeness (QED) is 0.500. The lowest BCUT2D eigenvalue weighted by molar-refractivity contribution is 0.272. The summed E-state index contributed by atoms with van der Waals surface area (Å²) in [7, 11) is 0. The Morgan fingerprint density at radius 2 is 1.36 bits per heavy atom. The Kier molecular flexibility index (Phi) is 4.67. The van der Waals surface area contributed by atoms with Gasteiger partial charge in [-0.3, -0.25) is 5.01 Å². The largest absolute Gasteiger partial charge is 0.463 e. The van der Waals surface area contributed by atoms with Gasteiger partial charge >= 0.3 is 0 Å². The number of hydrogen-bond acceptors (Lipinski definition) is 3. The lowest BCUT2D eigenvalue weighted by Crippen LogP contribution is -2.16. The van der Waals surface area contributed by atoms with Gasteiger partial charge in [0.2, 0.25) is 0 Å². The number of hydrazone groups is 1. The van der Waals surface area contributed by atoms with Crippen molar-refractivity contribution >= 4 is 6.21 Å². The first-order valence-electron chi connectivity index (χ1n) is 7.30. The van der Waals surface area contributed by atoms with Crippen LogP contribution in [-0.4, -0.2) is 11.2 Å². The van der Waals surface area contributed by atoms with Crippen molar-refractivity contribution in [3.63, 3.8) is 0 Å². The number of rotatable bonds is 6. The zero-order valence-corrected chi connectivity index (χ0v) is 12.3. The number of furan rings is 1. The summed E-state index contributed by atoms with van der Waals surface area (Å²) >= 11 is 0. The second-order valence-corrected chi connectivity index (χ2v) is 5.05. The minimum atomic E-state index is 0.756. The minimum absolute atomic E-state index is 0.756. The second kappa shape index (κ2) is 7.27. The van der Waals surface area contributed by atoms with Crippen molar-refractivity contribution in [3.8, 4) is 0 Å². The topological polar surface area (TPSA) is 28.7 Å². The predicted octanol–water partition coefficient (Wildman–Crippen LogP) is 4.32. The Hall–Kier alpha value is -2.81. The third kappa shape index (κ3) is 4.09. The molecule has 0 radical (unpaired) electrons. The molecule has 3 heteroatoms. The Balaban J connectivity index is 1.75. The van der Waals surface area contributed by atoms with Gasteiger partial charge in [0.1, 0.15) is 5.76 Å². The third-order valence-electron chi connectivity index (χ3n) is 3.31. The van der Waals surface area contributed by atoms with Crippen LogP contribution in [0.5, 0.6) is 0 Å². The summed E-state index contributed by atoms with van der Waals surface area (Å²) in [5.41, 5.74) is 2.46. The van der Waals surface area contributed by atoms with Crippen molar-refractivity contribution in [3.05, 3.63) is 95.9 Å². The summed E-state index contributed by atoms with van der Waals surface area (Å²) in [6.45, 7) is 1.51. The van der Waals surface area contributed by atoms with Gasteiger partial charge in [0.15, 0.2) is 0 Å². The monoisotopic (exact) mass is 290 g/mol. The van der Waals surface area contributed by atoms with Gasteiger partial charge in [-0.05, 0) is 23.3 Å². The molecule has 3 aromatic rings. The summed E-state index contributed by atoms with van der Waals surface area (Å²) in [4.78, 5) is 0. The van der Waals surface area contributed by atoms with E-state index in [1.807, 2.05) is 53.5 Å². The Morgan fingerprint density at radius 1 is 0.773 bits per heavy atom. The van der Waals surface area contributed by atoms with Gasteiger partial charge in [0.05, 0.1) is 25.6 Å². The Morgan fingerprint density at radius 3 is 1.86 bits per heavy atom. The van der Waals surface area contributed by atoms with Crippen molar-refractivity contribution in [1.82, 2.24) is 5.01 Å². The fraction of sp³-hybridized carbons (Fsp3) is 0.105. The van der Waals surface area contributed by atoms with Crippen LogP contribution in [0.2, 0.25) is 0 Å². The molecule has 0 aliphatic rings. The molecule has 0 aliphatic carbocycles. The van der Waals surface area contributed by atoms with Crippen LogP contribution < -0.4 is 0 Å². The summed E-state index contributed by atoms with van der Waals surface area (Å²) in [6.07, 6.45) is 3.41. The summed E-state index contributed by atoms with van der Waals surface area (Å²) in [5.74, 6) is 0.756. The molecule has 3 nitrogen and oxygen atoms in total. The van der Waals surface area contributed by atoms with Gasteiger partial charge in [0, 0.05) is 0 Å². The molecule has 0 bridgehead atoms. The molecule has 3 rings (SSSR count). The van der Waals surface area contributed by atoms with Gasteiger partial charge in [-0.1, -0.05) is 60.7 Å². The Bertz CT molecular complexity index is 649.